The summed E-state index contributed by atoms with van der Waals surface area (Å²) >= 11 is 0. The molecule has 0 aliphatic heterocycles. The first-order valence-corrected chi connectivity index (χ1v) is 5.39. The Balaban J connectivity index is 2.35. The van der Waals surface area contributed by atoms with E-state index in [9.17, 15) is 14.0 Å². The van der Waals surface area contributed by atoms with E-state index in [1.165, 1.54) is 25.1 Å². The average molecular weight is 255 g/mol. The predicted molar refractivity (Wildman–Crippen MR) is 62.7 cm³/mol. The summed E-state index contributed by atoms with van der Waals surface area (Å²) in [6.45, 7) is 1.34. The molecule has 0 aliphatic carbocycles. The quantitative estimate of drug-likeness (QED) is 0.810. The number of rotatable bonds is 6. The van der Waals surface area contributed by atoms with Gasteiger partial charge in [0.05, 0.1) is 18.7 Å². The van der Waals surface area contributed by atoms with Crippen LogP contribution >= 0.6 is 0 Å². The second-order valence-electron chi connectivity index (χ2n) is 3.63. The summed E-state index contributed by atoms with van der Waals surface area (Å²) in [7, 11) is 0. The van der Waals surface area contributed by atoms with Gasteiger partial charge in [-0.25, -0.2) is 9.18 Å². The predicted octanol–water partition coefficient (Wildman–Crippen LogP) is 1.64. The molecule has 1 rings (SSSR count). The van der Waals surface area contributed by atoms with E-state index < -0.39 is 23.8 Å². The van der Waals surface area contributed by atoms with Crippen molar-refractivity contribution in [1.29, 1.82) is 0 Å². The minimum absolute atomic E-state index is 0.0340. The number of ether oxygens (including phenoxy) is 1. The molecule has 18 heavy (non-hydrogen) atoms. The van der Waals surface area contributed by atoms with Crippen molar-refractivity contribution in [2.24, 2.45) is 0 Å². The van der Waals surface area contributed by atoms with Crippen LogP contribution in [-0.4, -0.2) is 29.7 Å². The van der Waals surface area contributed by atoms with Crippen LogP contribution in [0.2, 0.25) is 0 Å². The fraction of sp³-hybridized carbons (Fsp3) is 0.333. The number of carboxylic acids is 1. The number of aliphatic carboxylic acids is 1. The number of benzene rings is 1. The van der Waals surface area contributed by atoms with Gasteiger partial charge in [0, 0.05) is 0 Å². The molecular formula is C12H14FNO4. The van der Waals surface area contributed by atoms with E-state index in [2.05, 4.69) is 5.32 Å². The van der Waals surface area contributed by atoms with E-state index in [1.807, 2.05) is 0 Å². The minimum Gasteiger partial charge on any atom is -0.479 e. The van der Waals surface area contributed by atoms with E-state index in [-0.39, 0.29) is 18.7 Å². The molecular weight excluding hydrogens is 241 g/mol. The SMILES string of the molecule is C[C@@H](OCCC(=O)Nc1ccccc1F)C(=O)O. The van der Waals surface area contributed by atoms with Crippen LogP contribution in [0.25, 0.3) is 0 Å². The second-order valence-corrected chi connectivity index (χ2v) is 3.63. The average Bonchev–Trinajstić information content (AvgIpc) is 2.32. The molecule has 0 fully saturated rings. The van der Waals surface area contributed by atoms with Crippen molar-refractivity contribution in [2.75, 3.05) is 11.9 Å². The van der Waals surface area contributed by atoms with Gasteiger partial charge in [0.1, 0.15) is 5.82 Å². The van der Waals surface area contributed by atoms with Crippen LogP contribution in [0, 0.1) is 5.82 Å². The zero-order chi connectivity index (χ0) is 13.5. The van der Waals surface area contributed by atoms with Gasteiger partial charge in [-0.3, -0.25) is 4.79 Å². The Labute approximate surface area is 104 Å². The normalized spacial score (nSPS) is 11.9. The molecule has 0 saturated heterocycles. The number of amides is 1. The first-order valence-electron chi connectivity index (χ1n) is 5.39. The van der Waals surface area contributed by atoms with Crippen LogP contribution in [0.3, 0.4) is 0 Å². The standard InChI is InChI=1S/C12H14FNO4/c1-8(12(16)17)18-7-6-11(15)14-10-5-3-2-4-9(10)13/h2-5,8H,6-7H2,1H3,(H,14,15)(H,16,17)/t8-/m1/s1. The van der Waals surface area contributed by atoms with Gasteiger partial charge in [0.15, 0.2) is 6.10 Å². The molecule has 98 valence electrons. The highest BCUT2D eigenvalue weighted by atomic mass is 19.1. The lowest BCUT2D eigenvalue weighted by atomic mass is 10.3. The van der Waals surface area contributed by atoms with Crippen molar-refractivity contribution in [2.45, 2.75) is 19.4 Å². The van der Waals surface area contributed by atoms with Crippen molar-refractivity contribution in [3.8, 4) is 0 Å². The summed E-state index contributed by atoms with van der Waals surface area (Å²) in [5, 5.41) is 10.9. The zero-order valence-corrected chi connectivity index (χ0v) is 9.85. The lowest BCUT2D eigenvalue weighted by molar-refractivity contribution is -0.149. The maximum absolute atomic E-state index is 13.2. The van der Waals surface area contributed by atoms with Crippen LogP contribution in [0.5, 0.6) is 0 Å². The van der Waals surface area contributed by atoms with Crippen LogP contribution in [0.4, 0.5) is 10.1 Å². The number of anilines is 1. The molecule has 2 N–H and O–H groups in total. The van der Waals surface area contributed by atoms with E-state index in [4.69, 9.17) is 9.84 Å². The monoisotopic (exact) mass is 255 g/mol. The summed E-state index contributed by atoms with van der Waals surface area (Å²) in [4.78, 5) is 21.8. The Kier molecular flexibility index (Phi) is 5.26. The zero-order valence-electron chi connectivity index (χ0n) is 9.85. The van der Waals surface area contributed by atoms with Gasteiger partial charge in [-0.2, -0.15) is 0 Å². The van der Waals surface area contributed by atoms with E-state index in [0.717, 1.165) is 0 Å². The summed E-state index contributed by atoms with van der Waals surface area (Å²) in [6, 6.07) is 5.79. The van der Waals surface area contributed by atoms with Crippen LogP contribution in [0.15, 0.2) is 24.3 Å². The Bertz CT molecular complexity index is 436. The van der Waals surface area contributed by atoms with Crippen LogP contribution in [-0.2, 0) is 14.3 Å². The third-order valence-corrected chi connectivity index (χ3v) is 2.19. The van der Waals surface area contributed by atoms with Crippen molar-refractivity contribution in [3.63, 3.8) is 0 Å². The Hall–Kier alpha value is -1.95. The number of para-hydroxylation sites is 1. The molecule has 0 saturated carbocycles. The summed E-state index contributed by atoms with van der Waals surface area (Å²) < 4.78 is 18.1. The largest absolute Gasteiger partial charge is 0.479 e. The summed E-state index contributed by atoms with van der Waals surface area (Å²) in [6.07, 6.45) is -1.00. The molecule has 0 bridgehead atoms. The number of carboxylic acid groups (broad SMARTS) is 1. The number of hydrogen-bond acceptors (Lipinski definition) is 3. The molecule has 0 aliphatic rings. The van der Waals surface area contributed by atoms with Gasteiger partial charge in [-0.05, 0) is 19.1 Å². The van der Waals surface area contributed by atoms with Crippen LogP contribution < -0.4 is 5.32 Å². The third-order valence-electron chi connectivity index (χ3n) is 2.19. The molecule has 0 radical (unpaired) electrons. The molecule has 0 spiro atoms. The maximum Gasteiger partial charge on any atom is 0.332 e. The fourth-order valence-electron chi connectivity index (χ4n) is 1.17. The molecule has 0 heterocycles. The van der Waals surface area contributed by atoms with E-state index in [0.29, 0.717) is 0 Å². The summed E-state index contributed by atoms with van der Waals surface area (Å²) in [5.41, 5.74) is 0.0915. The Morgan fingerprint density at radius 3 is 2.72 bits per heavy atom. The third kappa shape index (κ3) is 4.50. The molecule has 1 aromatic rings. The molecule has 0 aromatic heterocycles. The molecule has 1 aromatic carbocycles. The molecule has 1 atom stereocenters. The topological polar surface area (TPSA) is 75.6 Å². The number of halogens is 1. The van der Waals surface area contributed by atoms with Gasteiger partial charge < -0.3 is 15.2 Å². The second kappa shape index (κ2) is 6.70. The van der Waals surface area contributed by atoms with Gasteiger partial charge in [-0.15, -0.1) is 0 Å². The lowest BCUT2D eigenvalue weighted by Gasteiger charge is -2.09. The van der Waals surface area contributed by atoms with Gasteiger partial charge in [-0.1, -0.05) is 12.1 Å². The van der Waals surface area contributed by atoms with Crippen molar-refractivity contribution >= 4 is 17.6 Å². The van der Waals surface area contributed by atoms with Crippen molar-refractivity contribution < 1.29 is 23.8 Å². The van der Waals surface area contributed by atoms with E-state index in [1.54, 1.807) is 6.07 Å². The number of carbonyl (C=O) groups is 2. The van der Waals surface area contributed by atoms with E-state index >= 15 is 0 Å². The number of hydrogen-bond donors (Lipinski definition) is 2. The minimum atomic E-state index is -1.09. The maximum atomic E-state index is 13.2. The highest BCUT2D eigenvalue weighted by molar-refractivity contribution is 5.90. The molecule has 1 amide bonds. The number of nitrogens with one attached hydrogen (secondary N) is 1. The highest BCUT2D eigenvalue weighted by Crippen LogP contribution is 2.12. The smallest absolute Gasteiger partial charge is 0.332 e. The number of carbonyl (C=O) groups excluding carboxylic acids is 1. The molecule has 6 heteroatoms. The molecule has 0 unspecified atom stereocenters. The highest BCUT2D eigenvalue weighted by Gasteiger charge is 2.12. The summed E-state index contributed by atoms with van der Waals surface area (Å²) in [5.74, 6) is -2.05. The van der Waals surface area contributed by atoms with Gasteiger partial charge in [0.25, 0.3) is 0 Å². The molecule has 5 nitrogen and oxygen atoms in total. The lowest BCUT2D eigenvalue weighted by Crippen LogP contribution is -2.22. The van der Waals surface area contributed by atoms with Crippen molar-refractivity contribution in [3.05, 3.63) is 30.1 Å². The van der Waals surface area contributed by atoms with Gasteiger partial charge >= 0.3 is 5.97 Å². The fourth-order valence-corrected chi connectivity index (χ4v) is 1.17. The first kappa shape index (κ1) is 14.1. The Morgan fingerprint density at radius 2 is 2.11 bits per heavy atom. The van der Waals surface area contributed by atoms with Crippen LogP contribution in [0.1, 0.15) is 13.3 Å². The van der Waals surface area contributed by atoms with Gasteiger partial charge in [0.2, 0.25) is 5.91 Å². The first-order chi connectivity index (χ1) is 8.50. The Morgan fingerprint density at radius 1 is 1.44 bits per heavy atom. The van der Waals surface area contributed by atoms with Crippen molar-refractivity contribution in [1.82, 2.24) is 0 Å².